The summed E-state index contributed by atoms with van der Waals surface area (Å²) in [5.74, 6) is 0.000695. The van der Waals surface area contributed by atoms with E-state index in [-0.39, 0.29) is 6.09 Å². The van der Waals surface area contributed by atoms with Crippen LogP contribution in [0.2, 0.25) is 0 Å². The summed E-state index contributed by atoms with van der Waals surface area (Å²) in [6, 6.07) is 14.5. The molecule has 1 fully saturated rings. The van der Waals surface area contributed by atoms with E-state index in [2.05, 4.69) is 29.2 Å². The summed E-state index contributed by atoms with van der Waals surface area (Å²) >= 11 is 0. The summed E-state index contributed by atoms with van der Waals surface area (Å²) in [5, 5.41) is 8.84. The monoisotopic (exact) mass is 465 g/mol. The maximum atomic E-state index is 12.3. The number of fused-ring (bicyclic) bond motifs is 1. The third kappa shape index (κ3) is 5.96. The molecular formula is C27H35N3O4. The number of hydroxylamine groups is 1. The van der Waals surface area contributed by atoms with E-state index in [0.29, 0.717) is 11.5 Å². The minimum Gasteiger partial charge on any atom is -0.444 e. The Morgan fingerprint density at radius 1 is 1.03 bits per heavy atom. The molecule has 0 aliphatic carbocycles. The van der Waals surface area contributed by atoms with E-state index >= 15 is 0 Å². The normalized spacial score (nSPS) is 17.2. The number of benzene rings is 2. The Hall–Kier alpha value is -2.90. The number of nitrogens with one attached hydrogen (secondary N) is 1. The number of ether oxygens (including phenoxy) is 1. The van der Waals surface area contributed by atoms with Crippen molar-refractivity contribution in [2.45, 2.75) is 64.6 Å². The molecule has 2 aromatic rings. The van der Waals surface area contributed by atoms with E-state index < -0.39 is 11.5 Å². The molecule has 0 spiro atoms. The Kier molecular flexibility index (Phi) is 7.24. The average Bonchev–Trinajstić information content (AvgIpc) is 2.83. The topological polar surface area (TPSA) is 82.1 Å². The second-order valence-electron chi connectivity index (χ2n) is 10.4. The standard InChI is InChI=1S/C27H35N3O4/c1-27(2,3)34-26(32)30-14-11-21(12-15-30)20-6-4-19(5-7-20)17-29-13-10-22-16-23(25(31)28-33)8-9-24(22)18-29/h4-9,16,21,33H,10-15,17-18H2,1-3H3,(H,28,31). The number of rotatable bonds is 4. The van der Waals surface area contributed by atoms with Gasteiger partial charge in [0.05, 0.1) is 0 Å². The van der Waals surface area contributed by atoms with Crippen LogP contribution >= 0.6 is 0 Å². The molecule has 0 saturated carbocycles. The fraction of sp³-hybridized carbons (Fsp3) is 0.481. The zero-order valence-electron chi connectivity index (χ0n) is 20.3. The van der Waals surface area contributed by atoms with Crippen molar-refractivity contribution in [2.24, 2.45) is 0 Å². The van der Waals surface area contributed by atoms with Gasteiger partial charge in [-0.25, -0.2) is 10.3 Å². The lowest BCUT2D eigenvalue weighted by Crippen LogP contribution is -2.41. The van der Waals surface area contributed by atoms with Crippen molar-refractivity contribution >= 4 is 12.0 Å². The van der Waals surface area contributed by atoms with E-state index in [1.54, 1.807) is 11.5 Å². The molecule has 2 aromatic carbocycles. The average molecular weight is 466 g/mol. The molecule has 7 heteroatoms. The molecule has 2 aliphatic rings. The summed E-state index contributed by atoms with van der Waals surface area (Å²) < 4.78 is 5.50. The molecule has 4 rings (SSSR count). The number of carbonyl (C=O) groups excluding carboxylic acids is 2. The van der Waals surface area contributed by atoms with Crippen molar-refractivity contribution in [1.29, 1.82) is 0 Å². The molecule has 182 valence electrons. The number of hydrogen-bond donors (Lipinski definition) is 2. The van der Waals surface area contributed by atoms with Crippen molar-refractivity contribution < 1.29 is 19.5 Å². The second-order valence-corrected chi connectivity index (χ2v) is 10.4. The highest BCUT2D eigenvalue weighted by atomic mass is 16.6. The molecule has 0 atom stereocenters. The Morgan fingerprint density at radius 2 is 1.74 bits per heavy atom. The maximum Gasteiger partial charge on any atom is 0.410 e. The highest BCUT2D eigenvalue weighted by molar-refractivity contribution is 5.93. The number of carbonyl (C=O) groups is 2. The summed E-state index contributed by atoms with van der Waals surface area (Å²) in [6.07, 6.45) is 2.59. The molecule has 7 nitrogen and oxygen atoms in total. The van der Waals surface area contributed by atoms with E-state index in [1.807, 2.05) is 37.8 Å². The SMILES string of the molecule is CC(C)(C)OC(=O)N1CCC(c2ccc(CN3CCc4cc(C(=O)NO)ccc4C3)cc2)CC1. The molecule has 0 radical (unpaired) electrons. The summed E-state index contributed by atoms with van der Waals surface area (Å²) in [7, 11) is 0. The van der Waals surface area contributed by atoms with Gasteiger partial charge >= 0.3 is 6.09 Å². The lowest BCUT2D eigenvalue weighted by Gasteiger charge is -2.33. The predicted molar refractivity (Wildman–Crippen MR) is 130 cm³/mol. The van der Waals surface area contributed by atoms with Gasteiger partial charge in [-0.15, -0.1) is 0 Å². The van der Waals surface area contributed by atoms with Gasteiger partial charge in [0.1, 0.15) is 5.60 Å². The molecule has 0 unspecified atom stereocenters. The van der Waals surface area contributed by atoms with Crippen LogP contribution in [0.1, 0.15) is 72.1 Å². The number of hydrogen-bond acceptors (Lipinski definition) is 5. The van der Waals surface area contributed by atoms with Gasteiger partial charge in [-0.3, -0.25) is 14.9 Å². The first-order chi connectivity index (χ1) is 16.2. The Balaban J connectivity index is 1.29. The minimum atomic E-state index is -0.471. The molecule has 34 heavy (non-hydrogen) atoms. The Morgan fingerprint density at radius 3 is 2.38 bits per heavy atom. The van der Waals surface area contributed by atoms with Crippen LogP contribution in [0.15, 0.2) is 42.5 Å². The van der Waals surface area contributed by atoms with Gasteiger partial charge in [0, 0.05) is 38.3 Å². The first kappa shape index (κ1) is 24.2. The number of piperidine rings is 1. The molecule has 2 amide bonds. The van der Waals surface area contributed by atoms with E-state index in [0.717, 1.165) is 52.0 Å². The highest BCUT2D eigenvalue weighted by Gasteiger charge is 2.27. The molecule has 1 saturated heterocycles. The van der Waals surface area contributed by atoms with Crippen LogP contribution in [0, 0.1) is 0 Å². The van der Waals surface area contributed by atoms with Crippen LogP contribution in [0.3, 0.4) is 0 Å². The number of likely N-dealkylation sites (tertiary alicyclic amines) is 1. The van der Waals surface area contributed by atoms with Gasteiger partial charge < -0.3 is 9.64 Å². The third-order valence-corrected chi connectivity index (χ3v) is 6.67. The van der Waals surface area contributed by atoms with Crippen LogP contribution in [-0.2, 0) is 24.2 Å². The number of nitrogens with zero attached hydrogens (tertiary/aromatic N) is 2. The van der Waals surface area contributed by atoms with Crippen LogP contribution in [0.25, 0.3) is 0 Å². The maximum absolute atomic E-state index is 12.3. The Labute approximate surface area is 201 Å². The molecular weight excluding hydrogens is 430 g/mol. The molecule has 2 N–H and O–H groups in total. The van der Waals surface area contributed by atoms with Crippen LogP contribution in [-0.4, -0.2) is 52.2 Å². The van der Waals surface area contributed by atoms with Crippen molar-refractivity contribution in [3.63, 3.8) is 0 Å². The van der Waals surface area contributed by atoms with E-state index in [1.165, 1.54) is 22.3 Å². The van der Waals surface area contributed by atoms with Gasteiger partial charge in [-0.1, -0.05) is 30.3 Å². The van der Waals surface area contributed by atoms with Gasteiger partial charge in [0.15, 0.2) is 0 Å². The number of amides is 2. The smallest absolute Gasteiger partial charge is 0.410 e. The summed E-state index contributed by atoms with van der Waals surface area (Å²) in [4.78, 5) is 28.2. The quantitative estimate of drug-likeness (QED) is 0.514. The zero-order valence-corrected chi connectivity index (χ0v) is 20.3. The summed E-state index contributed by atoms with van der Waals surface area (Å²) in [6.45, 7) is 9.83. The van der Waals surface area contributed by atoms with Gasteiger partial charge in [0.25, 0.3) is 5.91 Å². The van der Waals surface area contributed by atoms with Crippen molar-refractivity contribution in [2.75, 3.05) is 19.6 Å². The van der Waals surface area contributed by atoms with Gasteiger partial charge in [-0.05, 0) is 80.3 Å². The molecule has 2 aliphatic heterocycles. The zero-order chi connectivity index (χ0) is 24.3. The van der Waals surface area contributed by atoms with Crippen molar-refractivity contribution in [1.82, 2.24) is 15.3 Å². The van der Waals surface area contributed by atoms with Crippen LogP contribution in [0.5, 0.6) is 0 Å². The first-order valence-corrected chi connectivity index (χ1v) is 12.1. The van der Waals surface area contributed by atoms with Crippen LogP contribution in [0.4, 0.5) is 4.79 Å². The first-order valence-electron chi connectivity index (χ1n) is 12.1. The second kappa shape index (κ2) is 10.2. The highest BCUT2D eigenvalue weighted by Crippen LogP contribution is 2.29. The van der Waals surface area contributed by atoms with Crippen LogP contribution < -0.4 is 5.48 Å². The van der Waals surface area contributed by atoms with E-state index in [4.69, 9.17) is 9.94 Å². The fourth-order valence-electron chi connectivity index (χ4n) is 4.83. The molecule has 2 heterocycles. The van der Waals surface area contributed by atoms with Gasteiger partial charge in [-0.2, -0.15) is 0 Å². The lowest BCUT2D eigenvalue weighted by atomic mass is 9.89. The van der Waals surface area contributed by atoms with Crippen molar-refractivity contribution in [3.05, 3.63) is 70.3 Å². The Bertz CT molecular complexity index is 1020. The van der Waals surface area contributed by atoms with Crippen molar-refractivity contribution in [3.8, 4) is 0 Å². The fourth-order valence-corrected chi connectivity index (χ4v) is 4.83. The predicted octanol–water partition coefficient (Wildman–Crippen LogP) is 4.48. The van der Waals surface area contributed by atoms with E-state index in [9.17, 15) is 9.59 Å². The minimum absolute atomic E-state index is 0.211. The largest absolute Gasteiger partial charge is 0.444 e. The summed E-state index contributed by atoms with van der Waals surface area (Å²) in [5.41, 5.74) is 6.76. The molecule has 0 bridgehead atoms. The third-order valence-electron chi connectivity index (χ3n) is 6.67. The van der Waals surface area contributed by atoms with Gasteiger partial charge in [0.2, 0.25) is 0 Å². The lowest BCUT2D eigenvalue weighted by molar-refractivity contribution is 0.0204. The molecule has 0 aromatic heterocycles.